The molecule has 0 unspecified atom stereocenters. The van der Waals surface area contributed by atoms with Crippen LogP contribution in [0.15, 0.2) is 101 Å². The maximum absolute atomic E-state index is 3.51. The number of allylic oxidation sites excluding steroid dienone is 8. The van der Waals surface area contributed by atoms with E-state index in [9.17, 15) is 0 Å². The first-order valence-electron chi connectivity index (χ1n) is 10.1. The molecular formula is C27H29Cl2Zr-. The summed E-state index contributed by atoms with van der Waals surface area (Å²) < 4.78 is 1.42. The second-order valence-corrected chi connectivity index (χ2v) is 8.16. The van der Waals surface area contributed by atoms with Crippen molar-refractivity contribution in [2.75, 3.05) is 0 Å². The molecule has 30 heavy (non-hydrogen) atoms. The van der Waals surface area contributed by atoms with Gasteiger partial charge in [-0.2, -0.15) is 5.57 Å². The molecule has 0 saturated heterocycles. The van der Waals surface area contributed by atoms with Crippen molar-refractivity contribution in [2.45, 2.75) is 39.5 Å². The molecule has 3 heteroatoms. The van der Waals surface area contributed by atoms with Crippen molar-refractivity contribution in [2.24, 2.45) is 0 Å². The number of hydrogen-bond donors (Lipinski definition) is 0. The van der Waals surface area contributed by atoms with E-state index in [1.165, 1.54) is 49.7 Å². The number of benzene rings is 2. The Labute approximate surface area is 209 Å². The van der Waals surface area contributed by atoms with E-state index in [2.05, 4.69) is 98.8 Å². The van der Waals surface area contributed by atoms with Gasteiger partial charge < -0.3 is 0 Å². The van der Waals surface area contributed by atoms with Gasteiger partial charge in [-0.1, -0.05) is 50.5 Å². The molecule has 0 aliphatic heterocycles. The summed E-state index contributed by atoms with van der Waals surface area (Å²) in [5.74, 6) is 0. The summed E-state index contributed by atoms with van der Waals surface area (Å²) in [4.78, 5) is 0. The van der Waals surface area contributed by atoms with E-state index in [1.54, 1.807) is 11.1 Å². The maximum atomic E-state index is 3.51. The zero-order valence-corrected chi connectivity index (χ0v) is 21.7. The van der Waals surface area contributed by atoms with E-state index < -0.39 is 0 Å². The zero-order chi connectivity index (χ0) is 19.8. The van der Waals surface area contributed by atoms with Crippen LogP contribution in [0, 0.1) is 6.08 Å². The van der Waals surface area contributed by atoms with Crippen LogP contribution in [-0.2, 0) is 24.2 Å². The Kier molecular flexibility index (Phi) is 12.4. The van der Waals surface area contributed by atoms with E-state index >= 15 is 0 Å². The summed E-state index contributed by atoms with van der Waals surface area (Å²) >= 11 is 1.46. The van der Waals surface area contributed by atoms with Crippen molar-refractivity contribution in [3.05, 3.63) is 118 Å². The second kappa shape index (κ2) is 13.9. The fourth-order valence-corrected chi connectivity index (χ4v) is 4.53. The van der Waals surface area contributed by atoms with Crippen molar-refractivity contribution < 1.29 is 24.2 Å². The molecule has 0 nitrogen and oxygen atoms in total. The average molecular weight is 516 g/mol. The first-order chi connectivity index (χ1) is 13.7. The molecule has 2 aromatic carbocycles. The Bertz CT molecular complexity index is 894. The van der Waals surface area contributed by atoms with Crippen LogP contribution in [0.2, 0.25) is 0 Å². The van der Waals surface area contributed by atoms with Gasteiger partial charge in [0.25, 0.3) is 0 Å². The molecule has 0 atom stereocenters. The summed E-state index contributed by atoms with van der Waals surface area (Å²) in [5.41, 5.74) is 8.73. The molecule has 0 saturated carbocycles. The predicted octanol–water partition coefficient (Wildman–Crippen LogP) is 7.77. The van der Waals surface area contributed by atoms with Crippen LogP contribution in [0.25, 0.3) is 0 Å². The number of rotatable bonds is 5. The van der Waals surface area contributed by atoms with Crippen LogP contribution in [0.5, 0.6) is 0 Å². The van der Waals surface area contributed by atoms with E-state index in [0.29, 0.717) is 0 Å². The molecule has 0 amide bonds. The van der Waals surface area contributed by atoms with Crippen LogP contribution in [0.3, 0.4) is 0 Å². The third kappa shape index (κ3) is 6.88. The third-order valence-electron chi connectivity index (χ3n) is 5.20. The summed E-state index contributed by atoms with van der Waals surface area (Å²) in [5, 5.41) is 0. The van der Waals surface area contributed by atoms with Crippen LogP contribution in [-0.4, -0.2) is 3.21 Å². The van der Waals surface area contributed by atoms with Gasteiger partial charge in [0.1, 0.15) is 0 Å². The molecule has 156 valence electrons. The minimum absolute atomic E-state index is 0. The molecule has 0 N–H and O–H groups in total. The molecule has 0 fully saturated rings. The van der Waals surface area contributed by atoms with Crippen molar-refractivity contribution in [3.8, 4) is 0 Å². The van der Waals surface area contributed by atoms with Gasteiger partial charge in [0.15, 0.2) is 0 Å². The quantitative estimate of drug-likeness (QED) is 0.357. The van der Waals surface area contributed by atoms with Crippen molar-refractivity contribution in [1.82, 2.24) is 0 Å². The molecule has 2 aliphatic rings. The summed E-state index contributed by atoms with van der Waals surface area (Å²) in [6.07, 6.45) is 14.6. The van der Waals surface area contributed by atoms with Crippen molar-refractivity contribution in [3.63, 3.8) is 0 Å². The van der Waals surface area contributed by atoms with Crippen molar-refractivity contribution in [1.29, 1.82) is 0 Å². The van der Waals surface area contributed by atoms with E-state index in [-0.39, 0.29) is 24.8 Å². The van der Waals surface area contributed by atoms with Crippen LogP contribution in [0.4, 0.5) is 0 Å². The van der Waals surface area contributed by atoms with E-state index in [1.807, 2.05) is 0 Å². The van der Waals surface area contributed by atoms with Crippen LogP contribution in [0.1, 0.15) is 50.7 Å². The zero-order valence-electron chi connectivity index (χ0n) is 17.7. The average Bonchev–Trinajstić information content (AvgIpc) is 3.44. The molecule has 0 heterocycles. The van der Waals surface area contributed by atoms with Crippen LogP contribution >= 0.6 is 24.8 Å². The number of hydrogen-bond acceptors (Lipinski definition) is 0. The first-order valence-corrected chi connectivity index (χ1v) is 11.3. The second-order valence-electron chi connectivity index (χ2n) is 6.93. The van der Waals surface area contributed by atoms with Gasteiger partial charge in [-0.3, -0.25) is 6.08 Å². The Balaban J connectivity index is 0.000000281. The Hall–Kier alpha value is -1.27. The normalized spacial score (nSPS) is 14.0. The molecule has 2 aromatic rings. The Morgan fingerprint density at radius 1 is 0.867 bits per heavy atom. The molecule has 2 aliphatic carbocycles. The van der Waals surface area contributed by atoms with Gasteiger partial charge in [-0.05, 0) is 6.42 Å². The van der Waals surface area contributed by atoms with Crippen molar-refractivity contribution >= 4 is 28.0 Å². The summed E-state index contributed by atoms with van der Waals surface area (Å²) in [7, 11) is 0. The Morgan fingerprint density at radius 3 is 1.87 bits per heavy atom. The van der Waals surface area contributed by atoms with Gasteiger partial charge in [-0.15, -0.1) is 36.8 Å². The predicted molar refractivity (Wildman–Crippen MR) is 131 cm³/mol. The van der Waals surface area contributed by atoms with E-state index in [0.717, 1.165) is 25.7 Å². The third-order valence-corrected chi connectivity index (χ3v) is 6.62. The van der Waals surface area contributed by atoms with Gasteiger partial charge in [0.2, 0.25) is 0 Å². The molecule has 4 rings (SSSR count). The van der Waals surface area contributed by atoms with Gasteiger partial charge in [-0.25, -0.2) is 5.57 Å². The SMILES string of the molecule is CCC1=[C-]CC(C2=CC=CC2)=C1CC.Cl.Cl.[Zr]=[C](c1ccccc1)c1ccccc1. The van der Waals surface area contributed by atoms with Crippen LogP contribution < -0.4 is 0 Å². The molecule has 0 bridgehead atoms. The van der Waals surface area contributed by atoms with Gasteiger partial charge >= 0.3 is 99.2 Å². The van der Waals surface area contributed by atoms with Gasteiger partial charge in [0, 0.05) is 0 Å². The number of halogens is 2. The topological polar surface area (TPSA) is 0 Å². The molecule has 0 aromatic heterocycles. The Morgan fingerprint density at radius 2 is 1.43 bits per heavy atom. The summed E-state index contributed by atoms with van der Waals surface area (Å²) in [6.45, 7) is 4.48. The first kappa shape index (κ1) is 26.8. The molecular weight excluding hydrogens is 486 g/mol. The van der Waals surface area contributed by atoms with E-state index in [4.69, 9.17) is 0 Å². The monoisotopic (exact) mass is 513 g/mol. The molecule has 0 spiro atoms. The molecule has 0 radical (unpaired) electrons. The fraction of sp³-hybridized carbons (Fsp3) is 0.222. The minimum atomic E-state index is 0. The standard InChI is InChI=1S/C14H17.C13H10.2ClH.Zr/c1-3-11-9-10-14(13(11)4-2)12-7-5-6-8-12;1-3-7-12(8-4-1)11-13-9-5-2-6-10-13;;;/h5-7H,3-4,8,10H2,1-2H3;1-10H;2*1H;/q-1;;;;. The fourth-order valence-electron chi connectivity index (χ4n) is 3.71. The van der Waals surface area contributed by atoms with Gasteiger partial charge in [0.05, 0.1) is 0 Å². The summed E-state index contributed by atoms with van der Waals surface area (Å²) in [6, 6.07) is 21.1.